The molecule has 1 aromatic carbocycles. The highest BCUT2D eigenvalue weighted by Crippen LogP contribution is 2.57. The maximum absolute atomic E-state index is 13.6. The number of hydrogen-bond acceptors (Lipinski definition) is 4. The fourth-order valence-corrected chi connectivity index (χ4v) is 5.66. The van der Waals surface area contributed by atoms with Gasteiger partial charge in [-0.05, 0) is 65.7 Å². The maximum Gasteiger partial charge on any atom is 0.245 e. The summed E-state index contributed by atoms with van der Waals surface area (Å²) >= 11 is 3.24. The van der Waals surface area contributed by atoms with Crippen LogP contribution in [0.4, 0.5) is 4.39 Å². The molecule has 1 N–H and O–H groups in total. The molecule has 3 heterocycles. The Hall–Kier alpha value is -2.29. The molecule has 31 heavy (non-hydrogen) atoms. The lowest BCUT2D eigenvalue weighted by Crippen LogP contribution is -2.50. The minimum atomic E-state index is -0.420. The average Bonchev–Trinajstić information content (AvgIpc) is 3.06. The Morgan fingerprint density at radius 3 is 2.81 bits per heavy atom. The summed E-state index contributed by atoms with van der Waals surface area (Å²) in [6, 6.07) is 4.44. The van der Waals surface area contributed by atoms with Gasteiger partial charge in [-0.1, -0.05) is 18.2 Å². The van der Waals surface area contributed by atoms with Gasteiger partial charge in [0.25, 0.3) is 0 Å². The van der Waals surface area contributed by atoms with E-state index < -0.39 is 6.04 Å². The van der Waals surface area contributed by atoms with Crippen molar-refractivity contribution in [2.24, 2.45) is 5.92 Å². The second-order valence-corrected chi connectivity index (χ2v) is 9.99. The third-order valence-corrected chi connectivity index (χ3v) is 7.83. The Labute approximate surface area is 188 Å². The summed E-state index contributed by atoms with van der Waals surface area (Å²) in [5, 5.41) is 11.7. The van der Waals surface area contributed by atoms with E-state index >= 15 is 0 Å². The van der Waals surface area contributed by atoms with E-state index in [1.54, 1.807) is 16.8 Å². The monoisotopic (exact) mass is 489 g/mol. The standard InChI is InChI=1S/C22H25BrFN5O2/c1-12-9-19(30)25-20(12)21(31)28-8-5-15(22(28)6-7-22)18-11-29(27-26-18)13(2)14-3-4-17(24)16(23)10-14/h3-4,10-13,15,20H,5-9H2,1-2H3,(H,25,30)/t12?,13-,15?,20?/m1/s1. The van der Waals surface area contributed by atoms with Crippen LogP contribution in [0.15, 0.2) is 28.9 Å². The van der Waals surface area contributed by atoms with E-state index in [2.05, 4.69) is 31.6 Å². The van der Waals surface area contributed by atoms with Gasteiger partial charge < -0.3 is 10.2 Å². The summed E-state index contributed by atoms with van der Waals surface area (Å²) in [4.78, 5) is 27.0. The topological polar surface area (TPSA) is 80.1 Å². The zero-order valence-corrected chi connectivity index (χ0v) is 19.1. The van der Waals surface area contributed by atoms with E-state index in [1.165, 1.54) is 6.07 Å². The van der Waals surface area contributed by atoms with Gasteiger partial charge in [-0.25, -0.2) is 9.07 Å². The first-order chi connectivity index (χ1) is 14.8. The first-order valence-electron chi connectivity index (χ1n) is 10.8. The predicted octanol–water partition coefficient (Wildman–Crippen LogP) is 3.16. The van der Waals surface area contributed by atoms with E-state index in [0.717, 1.165) is 30.5 Å². The van der Waals surface area contributed by atoms with Crippen molar-refractivity contribution in [2.75, 3.05) is 6.54 Å². The molecular weight excluding hydrogens is 465 g/mol. The van der Waals surface area contributed by atoms with Crippen LogP contribution in [0, 0.1) is 11.7 Å². The molecule has 1 saturated carbocycles. The van der Waals surface area contributed by atoms with Gasteiger partial charge in [-0.3, -0.25) is 9.59 Å². The number of likely N-dealkylation sites (tertiary alicyclic amines) is 1. The van der Waals surface area contributed by atoms with Crippen LogP contribution in [0.25, 0.3) is 0 Å². The smallest absolute Gasteiger partial charge is 0.245 e. The molecule has 1 spiro atoms. The molecule has 3 unspecified atom stereocenters. The van der Waals surface area contributed by atoms with Crippen molar-refractivity contribution in [3.8, 4) is 0 Å². The minimum Gasteiger partial charge on any atom is -0.344 e. The van der Waals surface area contributed by atoms with Gasteiger partial charge in [0.2, 0.25) is 11.8 Å². The molecule has 1 aromatic heterocycles. The van der Waals surface area contributed by atoms with Crippen LogP contribution < -0.4 is 5.32 Å². The molecule has 2 aromatic rings. The summed E-state index contributed by atoms with van der Waals surface area (Å²) in [6.45, 7) is 4.63. The summed E-state index contributed by atoms with van der Waals surface area (Å²) in [5.41, 5.74) is 1.62. The molecule has 1 aliphatic carbocycles. The molecular formula is C22H25BrFN5O2. The molecule has 5 rings (SSSR count). The predicted molar refractivity (Wildman–Crippen MR) is 115 cm³/mol. The van der Waals surface area contributed by atoms with Gasteiger partial charge in [-0.15, -0.1) is 5.10 Å². The molecule has 2 amide bonds. The fraction of sp³-hybridized carbons (Fsp3) is 0.545. The Bertz CT molecular complexity index is 1050. The Morgan fingerprint density at radius 1 is 1.39 bits per heavy atom. The van der Waals surface area contributed by atoms with Gasteiger partial charge in [0.1, 0.15) is 11.9 Å². The molecule has 0 bridgehead atoms. The van der Waals surface area contributed by atoms with Crippen molar-refractivity contribution >= 4 is 27.7 Å². The molecule has 3 fully saturated rings. The van der Waals surface area contributed by atoms with Crippen LogP contribution in [-0.2, 0) is 9.59 Å². The quantitative estimate of drug-likeness (QED) is 0.715. The Kier molecular flexibility index (Phi) is 4.91. The van der Waals surface area contributed by atoms with Crippen molar-refractivity contribution in [2.45, 2.75) is 63.1 Å². The van der Waals surface area contributed by atoms with Crippen LogP contribution >= 0.6 is 15.9 Å². The number of benzene rings is 1. The van der Waals surface area contributed by atoms with E-state index in [-0.39, 0.29) is 41.0 Å². The van der Waals surface area contributed by atoms with Crippen molar-refractivity contribution in [1.82, 2.24) is 25.2 Å². The Balaban J connectivity index is 1.35. The first-order valence-corrected chi connectivity index (χ1v) is 11.6. The second-order valence-electron chi connectivity index (χ2n) is 9.13. The highest BCUT2D eigenvalue weighted by atomic mass is 79.9. The van der Waals surface area contributed by atoms with E-state index in [0.29, 0.717) is 17.4 Å². The number of nitrogens with one attached hydrogen (secondary N) is 1. The molecule has 2 aliphatic heterocycles. The number of aromatic nitrogens is 3. The largest absolute Gasteiger partial charge is 0.344 e. The summed E-state index contributed by atoms with van der Waals surface area (Å²) in [7, 11) is 0. The van der Waals surface area contributed by atoms with Crippen molar-refractivity contribution in [3.63, 3.8) is 0 Å². The molecule has 2 saturated heterocycles. The van der Waals surface area contributed by atoms with E-state index in [4.69, 9.17) is 0 Å². The lowest BCUT2D eigenvalue weighted by Gasteiger charge is -2.30. The number of carbonyl (C=O) groups excluding carboxylic acids is 2. The maximum atomic E-state index is 13.6. The zero-order chi connectivity index (χ0) is 21.9. The van der Waals surface area contributed by atoms with Gasteiger partial charge >= 0.3 is 0 Å². The van der Waals surface area contributed by atoms with Crippen LogP contribution in [0.2, 0.25) is 0 Å². The van der Waals surface area contributed by atoms with Crippen molar-refractivity contribution < 1.29 is 14.0 Å². The number of rotatable bonds is 4. The molecule has 7 nitrogen and oxygen atoms in total. The zero-order valence-electron chi connectivity index (χ0n) is 17.5. The molecule has 9 heteroatoms. The molecule has 164 valence electrons. The van der Waals surface area contributed by atoms with Gasteiger partial charge in [0.05, 0.1) is 21.7 Å². The van der Waals surface area contributed by atoms with Crippen molar-refractivity contribution in [3.05, 3.63) is 45.9 Å². The fourth-order valence-electron chi connectivity index (χ4n) is 5.26. The number of nitrogens with zero attached hydrogens (tertiary/aromatic N) is 4. The summed E-state index contributed by atoms with van der Waals surface area (Å²) in [6.07, 6.45) is 5.11. The summed E-state index contributed by atoms with van der Waals surface area (Å²) < 4.78 is 15.8. The third kappa shape index (κ3) is 3.37. The minimum absolute atomic E-state index is 0.0200. The highest BCUT2D eigenvalue weighted by Gasteiger charge is 2.61. The van der Waals surface area contributed by atoms with Gasteiger partial charge in [-0.2, -0.15) is 0 Å². The SMILES string of the molecule is CC1CC(=O)NC1C(=O)N1CCC(c2cn([C@H](C)c3ccc(F)c(Br)c3)nn2)C12CC2. The lowest BCUT2D eigenvalue weighted by atomic mass is 9.94. The Morgan fingerprint density at radius 2 is 2.16 bits per heavy atom. The summed E-state index contributed by atoms with van der Waals surface area (Å²) in [5.74, 6) is -0.142. The average molecular weight is 490 g/mol. The normalized spacial score (nSPS) is 27.5. The third-order valence-electron chi connectivity index (χ3n) is 7.22. The van der Waals surface area contributed by atoms with Gasteiger partial charge in [0.15, 0.2) is 0 Å². The van der Waals surface area contributed by atoms with E-state index in [9.17, 15) is 14.0 Å². The number of amides is 2. The number of halogens is 2. The molecule has 4 atom stereocenters. The second kappa shape index (κ2) is 7.39. The number of carbonyl (C=O) groups is 2. The van der Waals surface area contributed by atoms with Crippen LogP contribution in [-0.4, -0.2) is 49.8 Å². The van der Waals surface area contributed by atoms with Crippen LogP contribution in [0.1, 0.15) is 62.7 Å². The highest BCUT2D eigenvalue weighted by molar-refractivity contribution is 9.10. The lowest BCUT2D eigenvalue weighted by molar-refractivity contribution is -0.136. The molecule has 0 radical (unpaired) electrons. The number of hydrogen-bond donors (Lipinski definition) is 1. The first kappa shape index (κ1) is 20.6. The van der Waals surface area contributed by atoms with E-state index in [1.807, 2.05) is 24.9 Å². The molecule has 3 aliphatic rings. The van der Waals surface area contributed by atoms with Crippen LogP contribution in [0.3, 0.4) is 0 Å². The van der Waals surface area contributed by atoms with Crippen molar-refractivity contribution in [1.29, 1.82) is 0 Å². The van der Waals surface area contributed by atoms with Crippen LogP contribution in [0.5, 0.6) is 0 Å². The van der Waals surface area contributed by atoms with Gasteiger partial charge in [0, 0.05) is 25.1 Å².